The van der Waals surface area contributed by atoms with Crippen molar-refractivity contribution in [1.82, 2.24) is 9.21 Å². The van der Waals surface area contributed by atoms with Gasteiger partial charge in [-0.25, -0.2) is 12.8 Å². The van der Waals surface area contributed by atoms with Crippen LogP contribution in [0.25, 0.3) is 6.08 Å². The van der Waals surface area contributed by atoms with Gasteiger partial charge in [-0.3, -0.25) is 14.9 Å². The number of amides is 1. The molecule has 2 aromatic rings. The predicted molar refractivity (Wildman–Crippen MR) is 104 cm³/mol. The third-order valence-corrected chi connectivity index (χ3v) is 6.42. The lowest BCUT2D eigenvalue weighted by Crippen LogP contribution is -2.50. The van der Waals surface area contributed by atoms with E-state index in [0.717, 1.165) is 6.07 Å². The first-order chi connectivity index (χ1) is 13.8. The topological polar surface area (TPSA) is 101 Å². The molecule has 0 unspecified atom stereocenters. The highest BCUT2D eigenvalue weighted by Crippen LogP contribution is 2.22. The molecule has 1 fully saturated rings. The van der Waals surface area contributed by atoms with E-state index < -0.39 is 20.8 Å². The second-order valence-corrected chi connectivity index (χ2v) is 8.28. The second-order valence-electron chi connectivity index (χ2n) is 6.34. The van der Waals surface area contributed by atoms with E-state index in [-0.39, 0.29) is 48.2 Å². The Balaban J connectivity index is 1.65. The number of non-ortho nitro benzene ring substituents is 1. The number of carbonyl (C=O) groups is 1. The van der Waals surface area contributed by atoms with Crippen molar-refractivity contribution in [3.63, 3.8) is 0 Å². The van der Waals surface area contributed by atoms with Crippen molar-refractivity contribution in [2.45, 2.75) is 4.90 Å². The zero-order valence-corrected chi connectivity index (χ0v) is 16.1. The van der Waals surface area contributed by atoms with Gasteiger partial charge in [0.15, 0.2) is 0 Å². The predicted octanol–water partition coefficient (Wildman–Crippen LogP) is 2.28. The third-order valence-electron chi connectivity index (χ3n) is 4.53. The lowest BCUT2D eigenvalue weighted by molar-refractivity contribution is -0.385. The highest BCUT2D eigenvalue weighted by molar-refractivity contribution is 7.89. The molecule has 0 saturated carbocycles. The Hall–Kier alpha value is -3.11. The van der Waals surface area contributed by atoms with Crippen LogP contribution < -0.4 is 0 Å². The maximum absolute atomic E-state index is 13.6. The van der Waals surface area contributed by atoms with E-state index in [2.05, 4.69) is 0 Å². The van der Waals surface area contributed by atoms with E-state index in [0.29, 0.717) is 0 Å². The zero-order chi connectivity index (χ0) is 21.0. The van der Waals surface area contributed by atoms with Gasteiger partial charge in [-0.15, -0.1) is 0 Å². The van der Waals surface area contributed by atoms with Crippen molar-refractivity contribution in [3.05, 3.63) is 76.1 Å². The fourth-order valence-electron chi connectivity index (χ4n) is 2.93. The molecule has 0 N–H and O–H groups in total. The van der Waals surface area contributed by atoms with Gasteiger partial charge in [0.1, 0.15) is 5.82 Å². The lowest BCUT2D eigenvalue weighted by atomic mass is 10.2. The van der Waals surface area contributed by atoms with Crippen molar-refractivity contribution in [2.75, 3.05) is 26.2 Å². The number of nitro groups is 1. The van der Waals surface area contributed by atoms with Crippen LogP contribution in [-0.2, 0) is 14.8 Å². The Morgan fingerprint density at radius 3 is 2.41 bits per heavy atom. The normalized spacial score (nSPS) is 15.6. The fourth-order valence-corrected chi connectivity index (χ4v) is 4.39. The molecule has 1 heterocycles. The Morgan fingerprint density at radius 1 is 1.07 bits per heavy atom. The number of benzene rings is 2. The minimum atomic E-state index is -3.90. The van der Waals surface area contributed by atoms with Crippen molar-refractivity contribution in [2.24, 2.45) is 0 Å². The highest BCUT2D eigenvalue weighted by atomic mass is 32.2. The summed E-state index contributed by atoms with van der Waals surface area (Å²) in [4.78, 5) is 23.8. The minimum absolute atomic E-state index is 0.0598. The molecule has 0 bridgehead atoms. The smallest absolute Gasteiger partial charge is 0.270 e. The summed E-state index contributed by atoms with van der Waals surface area (Å²) in [7, 11) is -3.90. The van der Waals surface area contributed by atoms with Crippen LogP contribution in [0.1, 0.15) is 5.56 Å². The Bertz CT molecular complexity index is 1060. The molecule has 0 aromatic heterocycles. The number of sulfonamides is 1. The zero-order valence-electron chi connectivity index (χ0n) is 15.3. The second kappa shape index (κ2) is 8.50. The molecule has 10 heteroatoms. The summed E-state index contributed by atoms with van der Waals surface area (Å²) < 4.78 is 40.3. The number of rotatable bonds is 5. The molecule has 8 nitrogen and oxygen atoms in total. The van der Waals surface area contributed by atoms with E-state index in [1.54, 1.807) is 18.2 Å². The molecular weight excluding hydrogens is 401 g/mol. The Kier molecular flexibility index (Phi) is 6.04. The highest BCUT2D eigenvalue weighted by Gasteiger charge is 2.30. The molecule has 1 aliphatic heterocycles. The summed E-state index contributed by atoms with van der Waals surface area (Å²) in [6, 6.07) is 10.9. The van der Waals surface area contributed by atoms with Gasteiger partial charge in [0, 0.05) is 50.0 Å². The van der Waals surface area contributed by atoms with Gasteiger partial charge in [0.2, 0.25) is 15.9 Å². The van der Waals surface area contributed by atoms with Crippen LogP contribution in [0.5, 0.6) is 0 Å². The van der Waals surface area contributed by atoms with Crippen LogP contribution in [0.2, 0.25) is 0 Å². The number of piperazine rings is 1. The summed E-state index contributed by atoms with van der Waals surface area (Å²) >= 11 is 0. The summed E-state index contributed by atoms with van der Waals surface area (Å²) in [5.74, 6) is -0.787. The molecule has 1 saturated heterocycles. The molecule has 0 spiro atoms. The molecule has 2 aromatic carbocycles. The van der Waals surface area contributed by atoms with Gasteiger partial charge in [0.25, 0.3) is 5.69 Å². The monoisotopic (exact) mass is 419 g/mol. The van der Waals surface area contributed by atoms with Gasteiger partial charge in [-0.05, 0) is 18.2 Å². The van der Waals surface area contributed by atoms with Gasteiger partial charge in [-0.1, -0.05) is 24.3 Å². The molecular formula is C19H18FN3O5S. The summed E-state index contributed by atoms with van der Waals surface area (Å²) in [6.07, 6.45) is 2.63. The van der Waals surface area contributed by atoms with Gasteiger partial charge in [-0.2, -0.15) is 4.31 Å². The van der Waals surface area contributed by atoms with Crippen molar-refractivity contribution >= 4 is 27.7 Å². The number of hydrogen-bond donors (Lipinski definition) is 0. The quantitative estimate of drug-likeness (QED) is 0.420. The molecule has 152 valence electrons. The number of hydrogen-bond acceptors (Lipinski definition) is 5. The largest absolute Gasteiger partial charge is 0.337 e. The van der Waals surface area contributed by atoms with Gasteiger partial charge in [0.05, 0.1) is 9.82 Å². The first-order valence-electron chi connectivity index (χ1n) is 8.75. The molecule has 0 atom stereocenters. The third kappa shape index (κ3) is 4.66. The van der Waals surface area contributed by atoms with Crippen LogP contribution in [0.4, 0.5) is 10.1 Å². The summed E-state index contributed by atoms with van der Waals surface area (Å²) in [5, 5.41) is 10.9. The first-order valence-corrected chi connectivity index (χ1v) is 10.2. The van der Waals surface area contributed by atoms with Gasteiger partial charge >= 0.3 is 0 Å². The van der Waals surface area contributed by atoms with Gasteiger partial charge < -0.3 is 4.90 Å². The van der Waals surface area contributed by atoms with Crippen molar-refractivity contribution < 1.29 is 22.5 Å². The maximum Gasteiger partial charge on any atom is 0.270 e. The van der Waals surface area contributed by atoms with Crippen LogP contribution in [0.3, 0.4) is 0 Å². The van der Waals surface area contributed by atoms with E-state index in [9.17, 15) is 27.7 Å². The summed E-state index contributed by atoms with van der Waals surface area (Å²) in [6.45, 7) is 0.442. The molecule has 1 aliphatic rings. The average Bonchev–Trinajstić information content (AvgIpc) is 2.73. The molecule has 0 radical (unpaired) electrons. The molecule has 1 amide bonds. The van der Waals surface area contributed by atoms with E-state index in [4.69, 9.17) is 0 Å². The Morgan fingerprint density at radius 2 is 1.76 bits per heavy atom. The fraction of sp³-hybridized carbons (Fsp3) is 0.211. The van der Waals surface area contributed by atoms with Crippen LogP contribution >= 0.6 is 0 Å². The first kappa shape index (κ1) is 20.6. The number of halogens is 1. The van der Waals surface area contributed by atoms with Crippen molar-refractivity contribution in [1.29, 1.82) is 0 Å². The van der Waals surface area contributed by atoms with E-state index in [1.165, 1.54) is 45.6 Å². The average molecular weight is 419 g/mol. The number of nitro benzene ring substituents is 1. The van der Waals surface area contributed by atoms with E-state index in [1.807, 2.05) is 0 Å². The maximum atomic E-state index is 13.6. The Labute approximate surface area is 167 Å². The molecule has 0 aliphatic carbocycles. The van der Waals surface area contributed by atoms with Crippen LogP contribution in [-0.4, -0.2) is 54.6 Å². The standard InChI is InChI=1S/C19H18FN3O5S/c20-18-7-2-1-4-15(18)8-9-19(24)21-10-12-22(13-11-21)29(27,28)17-6-3-5-16(14-17)23(25)26/h1-9,14H,10-13H2/b9-8+. The number of nitrogens with zero attached hydrogens (tertiary/aromatic N) is 3. The SMILES string of the molecule is O=C(/C=C/c1ccccc1F)N1CCN(S(=O)(=O)c2cccc([N+](=O)[O-])c2)CC1. The van der Waals surface area contributed by atoms with Crippen LogP contribution in [0, 0.1) is 15.9 Å². The molecule has 29 heavy (non-hydrogen) atoms. The lowest BCUT2D eigenvalue weighted by Gasteiger charge is -2.33. The summed E-state index contributed by atoms with van der Waals surface area (Å²) in [5.41, 5.74) is -0.0223. The molecule has 3 rings (SSSR count). The number of carbonyl (C=O) groups excluding carboxylic acids is 1. The van der Waals surface area contributed by atoms with Crippen LogP contribution in [0.15, 0.2) is 59.5 Å². The minimum Gasteiger partial charge on any atom is -0.337 e. The van der Waals surface area contributed by atoms with Crippen molar-refractivity contribution in [3.8, 4) is 0 Å². The van der Waals surface area contributed by atoms with E-state index >= 15 is 0 Å².